The number of rotatable bonds is 4. The second-order valence-corrected chi connectivity index (χ2v) is 8.46. The van der Waals surface area contributed by atoms with Crippen molar-refractivity contribution in [2.75, 3.05) is 25.5 Å². The molecule has 2 atom stereocenters. The van der Waals surface area contributed by atoms with Gasteiger partial charge >= 0.3 is 0 Å². The van der Waals surface area contributed by atoms with E-state index >= 15 is 0 Å². The number of nitrogens with zero attached hydrogens (tertiary/aromatic N) is 4. The summed E-state index contributed by atoms with van der Waals surface area (Å²) in [5, 5.41) is 15.1. The summed E-state index contributed by atoms with van der Waals surface area (Å²) in [4.78, 5) is 27.4. The van der Waals surface area contributed by atoms with E-state index in [-0.39, 0.29) is 11.8 Å². The molecule has 0 aliphatic carbocycles. The molecule has 0 spiro atoms. The van der Waals surface area contributed by atoms with Crippen LogP contribution in [0.2, 0.25) is 0 Å². The number of hydrogen-bond donors (Lipinski definition) is 1. The Morgan fingerprint density at radius 3 is 2.63 bits per heavy atom. The molecule has 0 saturated carbocycles. The minimum absolute atomic E-state index is 0.0823. The predicted molar refractivity (Wildman–Crippen MR) is 112 cm³/mol. The van der Waals surface area contributed by atoms with E-state index in [1.807, 2.05) is 26.3 Å². The molecule has 4 heterocycles. The van der Waals surface area contributed by atoms with Gasteiger partial charge < -0.3 is 19.5 Å². The Balaban J connectivity index is 1.29. The number of aromatic nitrogens is 3. The Labute approximate surface area is 177 Å². The lowest BCUT2D eigenvalue weighted by atomic mass is 9.89. The van der Waals surface area contributed by atoms with E-state index in [4.69, 9.17) is 4.74 Å². The molecule has 2 aliphatic rings. The van der Waals surface area contributed by atoms with Crippen LogP contribution in [0.1, 0.15) is 26.8 Å². The lowest BCUT2D eigenvalue weighted by Crippen LogP contribution is -2.31. The van der Waals surface area contributed by atoms with Gasteiger partial charge in [0.1, 0.15) is 11.6 Å². The Morgan fingerprint density at radius 1 is 1.10 bits per heavy atom. The van der Waals surface area contributed by atoms with E-state index in [0.717, 1.165) is 30.1 Å². The zero-order valence-corrected chi connectivity index (χ0v) is 17.3. The molecule has 9 heteroatoms. The maximum absolute atomic E-state index is 12.8. The summed E-state index contributed by atoms with van der Waals surface area (Å²) >= 11 is 1.53. The quantitative estimate of drug-likeness (QED) is 0.697. The summed E-state index contributed by atoms with van der Waals surface area (Å²) < 4.78 is 7.04. The number of nitrogens with one attached hydrogen (secondary N) is 1. The zero-order valence-electron chi connectivity index (χ0n) is 16.4. The average Bonchev–Trinajstić information content (AvgIpc) is 3.51. The van der Waals surface area contributed by atoms with Crippen LogP contribution in [0.5, 0.6) is 5.75 Å². The summed E-state index contributed by atoms with van der Waals surface area (Å²) in [6.07, 6.45) is 0.723. The van der Waals surface area contributed by atoms with Gasteiger partial charge in [0.15, 0.2) is 0 Å². The van der Waals surface area contributed by atoms with Gasteiger partial charge in [-0.2, -0.15) is 11.3 Å². The molecule has 2 amide bonds. The van der Waals surface area contributed by atoms with Gasteiger partial charge in [0.25, 0.3) is 11.8 Å². The third-order valence-corrected chi connectivity index (χ3v) is 6.56. The summed E-state index contributed by atoms with van der Waals surface area (Å²) in [5.41, 5.74) is 1.41. The molecule has 2 unspecified atom stereocenters. The van der Waals surface area contributed by atoms with E-state index < -0.39 is 0 Å². The van der Waals surface area contributed by atoms with Crippen molar-refractivity contribution in [2.24, 2.45) is 11.8 Å². The number of ether oxygens (including phenoxy) is 1. The van der Waals surface area contributed by atoms with Crippen molar-refractivity contribution in [3.05, 3.63) is 58.3 Å². The van der Waals surface area contributed by atoms with Crippen LogP contribution in [-0.4, -0.2) is 51.7 Å². The largest absolute Gasteiger partial charge is 0.497 e. The van der Waals surface area contributed by atoms with Gasteiger partial charge in [-0.05, 0) is 47.5 Å². The lowest BCUT2D eigenvalue weighted by molar-refractivity contribution is 0.0783. The van der Waals surface area contributed by atoms with Crippen LogP contribution in [0.25, 0.3) is 0 Å². The predicted octanol–water partition coefficient (Wildman–Crippen LogP) is 2.55. The smallest absolute Gasteiger partial charge is 0.293 e. The molecule has 2 aromatic heterocycles. The van der Waals surface area contributed by atoms with Crippen LogP contribution in [-0.2, 0) is 13.0 Å². The number of hydrogen-bond acceptors (Lipinski definition) is 6. The van der Waals surface area contributed by atoms with Crippen LogP contribution < -0.4 is 10.1 Å². The molecule has 0 radical (unpaired) electrons. The number of carbonyl (C=O) groups is 2. The first-order chi connectivity index (χ1) is 14.6. The highest BCUT2D eigenvalue weighted by atomic mass is 32.1. The second kappa shape index (κ2) is 7.56. The highest BCUT2D eigenvalue weighted by Crippen LogP contribution is 2.33. The van der Waals surface area contributed by atoms with E-state index in [1.165, 1.54) is 11.3 Å². The molecule has 2 aliphatic heterocycles. The molecule has 1 saturated heterocycles. The van der Waals surface area contributed by atoms with E-state index in [0.29, 0.717) is 36.4 Å². The van der Waals surface area contributed by atoms with Crippen LogP contribution in [0, 0.1) is 11.8 Å². The molecule has 3 aromatic rings. The maximum atomic E-state index is 12.8. The SMILES string of the molecule is COc1ccc(NC(=O)c2nnc3n2CC2CN(C(=O)c4ccsc4)CC2C3)cc1. The van der Waals surface area contributed by atoms with Crippen molar-refractivity contribution in [1.29, 1.82) is 0 Å². The van der Waals surface area contributed by atoms with Gasteiger partial charge in [-0.3, -0.25) is 9.59 Å². The lowest BCUT2D eigenvalue weighted by Gasteiger charge is -2.25. The Bertz CT molecular complexity index is 1080. The van der Waals surface area contributed by atoms with E-state index in [9.17, 15) is 9.59 Å². The fraction of sp³-hybridized carbons (Fsp3) is 0.333. The number of amides is 2. The summed E-state index contributed by atoms with van der Waals surface area (Å²) in [6.45, 7) is 2.06. The maximum Gasteiger partial charge on any atom is 0.293 e. The van der Waals surface area contributed by atoms with Crippen molar-refractivity contribution < 1.29 is 14.3 Å². The first-order valence-corrected chi connectivity index (χ1v) is 10.8. The van der Waals surface area contributed by atoms with Crippen LogP contribution in [0.15, 0.2) is 41.1 Å². The zero-order chi connectivity index (χ0) is 20.7. The molecule has 8 nitrogen and oxygen atoms in total. The minimum Gasteiger partial charge on any atom is -0.497 e. The summed E-state index contributed by atoms with van der Waals surface area (Å²) in [5.74, 6) is 2.27. The van der Waals surface area contributed by atoms with Gasteiger partial charge in [-0.25, -0.2) is 0 Å². The molecule has 5 rings (SSSR count). The number of thiophene rings is 1. The van der Waals surface area contributed by atoms with Crippen molar-refractivity contribution in [3.8, 4) is 5.75 Å². The molecule has 154 valence electrons. The fourth-order valence-corrected chi connectivity index (χ4v) is 4.92. The molecule has 1 aromatic carbocycles. The van der Waals surface area contributed by atoms with Crippen LogP contribution >= 0.6 is 11.3 Å². The molecule has 30 heavy (non-hydrogen) atoms. The van der Waals surface area contributed by atoms with E-state index in [1.54, 1.807) is 31.4 Å². The minimum atomic E-state index is -0.290. The normalized spacial score (nSPS) is 19.8. The standard InChI is InChI=1S/C21H21N5O3S/c1-29-17-4-2-16(3-5-17)22-20(27)19-24-23-18-8-14-9-25(10-15(14)11-26(18)19)21(28)13-6-7-30-12-13/h2-7,12,14-15H,8-11H2,1H3,(H,22,27). The van der Waals surface area contributed by atoms with Gasteiger partial charge in [-0.15, -0.1) is 10.2 Å². The monoisotopic (exact) mass is 423 g/mol. The number of anilines is 1. The van der Waals surface area contributed by atoms with Crippen molar-refractivity contribution >= 4 is 28.8 Å². The highest BCUT2D eigenvalue weighted by Gasteiger charge is 2.40. The molecular weight excluding hydrogens is 402 g/mol. The average molecular weight is 423 g/mol. The number of fused-ring (bicyclic) bond motifs is 2. The van der Waals surface area contributed by atoms with Gasteiger partial charge in [0.05, 0.1) is 12.7 Å². The summed E-state index contributed by atoms with van der Waals surface area (Å²) in [7, 11) is 1.60. The van der Waals surface area contributed by atoms with Gasteiger partial charge in [0, 0.05) is 37.1 Å². The molecule has 1 N–H and O–H groups in total. The van der Waals surface area contributed by atoms with Gasteiger partial charge in [0.2, 0.25) is 5.82 Å². The number of carbonyl (C=O) groups excluding carboxylic acids is 2. The Hall–Kier alpha value is -3.20. The molecule has 1 fully saturated rings. The van der Waals surface area contributed by atoms with E-state index in [2.05, 4.69) is 15.5 Å². The van der Waals surface area contributed by atoms with Crippen molar-refractivity contribution in [1.82, 2.24) is 19.7 Å². The molecular formula is C21H21N5O3S. The van der Waals surface area contributed by atoms with Gasteiger partial charge in [-0.1, -0.05) is 0 Å². The van der Waals surface area contributed by atoms with Crippen LogP contribution in [0.4, 0.5) is 5.69 Å². The second-order valence-electron chi connectivity index (χ2n) is 7.68. The number of methoxy groups -OCH3 is 1. The first-order valence-electron chi connectivity index (χ1n) is 9.81. The summed E-state index contributed by atoms with van der Waals surface area (Å²) in [6, 6.07) is 9.01. The van der Waals surface area contributed by atoms with Crippen molar-refractivity contribution in [3.63, 3.8) is 0 Å². The van der Waals surface area contributed by atoms with Crippen molar-refractivity contribution in [2.45, 2.75) is 13.0 Å². The molecule has 0 bridgehead atoms. The fourth-order valence-electron chi connectivity index (χ4n) is 4.29. The topological polar surface area (TPSA) is 89.3 Å². The Kier molecular flexibility index (Phi) is 4.74. The third-order valence-electron chi connectivity index (χ3n) is 5.87. The highest BCUT2D eigenvalue weighted by molar-refractivity contribution is 7.08. The number of likely N-dealkylation sites (tertiary alicyclic amines) is 1. The Morgan fingerprint density at radius 2 is 1.90 bits per heavy atom. The van der Waals surface area contributed by atoms with Crippen LogP contribution in [0.3, 0.4) is 0 Å². The third kappa shape index (κ3) is 3.35. The first kappa shape index (κ1) is 18.8. The number of benzene rings is 1.